The van der Waals surface area contributed by atoms with Gasteiger partial charge in [0, 0.05) is 23.0 Å². The lowest BCUT2D eigenvalue weighted by Crippen LogP contribution is -2.07. The Morgan fingerprint density at radius 1 is 0.926 bits per heavy atom. The molecule has 0 amide bonds. The van der Waals surface area contributed by atoms with Crippen molar-refractivity contribution in [2.45, 2.75) is 10.6 Å². The predicted octanol–water partition coefficient (Wildman–Crippen LogP) is 4.39. The van der Waals surface area contributed by atoms with Crippen LogP contribution in [0.25, 0.3) is 11.1 Å². The van der Waals surface area contributed by atoms with Gasteiger partial charge in [0.25, 0.3) is 0 Å². The number of hydrogen-bond acceptors (Lipinski definition) is 5. The zero-order valence-electron chi connectivity index (χ0n) is 14.8. The second kappa shape index (κ2) is 7.98. The monoisotopic (exact) mass is 403 g/mol. The lowest BCUT2D eigenvalue weighted by atomic mass is 10.1. The normalized spacial score (nSPS) is 11.2. The van der Waals surface area contributed by atoms with Gasteiger partial charge >= 0.3 is 0 Å². The average Bonchev–Trinajstić information content (AvgIpc) is 2.68. The largest absolute Gasteiger partial charge is 0.497 e. The SMILES string of the molecule is COc1ccc(-c2cncc(CS(=O)(=O)c3cc(Cl)ccc3OC)c2)cc1. The van der Waals surface area contributed by atoms with E-state index < -0.39 is 9.84 Å². The second-order valence-electron chi connectivity index (χ2n) is 5.86. The van der Waals surface area contributed by atoms with Crippen LogP contribution in [0.3, 0.4) is 0 Å². The number of nitrogens with zero attached hydrogens (tertiary/aromatic N) is 1. The first-order chi connectivity index (χ1) is 12.9. The van der Waals surface area contributed by atoms with Gasteiger partial charge in [-0.25, -0.2) is 8.42 Å². The van der Waals surface area contributed by atoms with E-state index in [2.05, 4.69) is 4.98 Å². The molecule has 2 aromatic carbocycles. The lowest BCUT2D eigenvalue weighted by Gasteiger charge is -2.11. The van der Waals surface area contributed by atoms with Gasteiger partial charge in [-0.15, -0.1) is 0 Å². The second-order valence-corrected chi connectivity index (χ2v) is 8.26. The quantitative estimate of drug-likeness (QED) is 0.610. The van der Waals surface area contributed by atoms with Crippen LogP contribution in [0, 0.1) is 0 Å². The molecule has 5 nitrogen and oxygen atoms in total. The number of benzene rings is 2. The van der Waals surface area contributed by atoms with Crippen molar-refractivity contribution in [1.29, 1.82) is 0 Å². The third-order valence-electron chi connectivity index (χ3n) is 4.04. The minimum atomic E-state index is -3.66. The van der Waals surface area contributed by atoms with Gasteiger partial charge in [0.05, 0.1) is 20.0 Å². The zero-order valence-corrected chi connectivity index (χ0v) is 16.4. The van der Waals surface area contributed by atoms with Gasteiger partial charge < -0.3 is 9.47 Å². The van der Waals surface area contributed by atoms with Gasteiger partial charge in [-0.05, 0) is 47.5 Å². The third kappa shape index (κ3) is 4.40. The van der Waals surface area contributed by atoms with E-state index in [0.717, 1.165) is 16.9 Å². The standard InChI is InChI=1S/C20H18ClNO4S/c1-25-18-6-3-15(4-7-18)16-9-14(11-22-12-16)13-27(23,24)20-10-17(21)5-8-19(20)26-2/h3-12H,13H2,1-2H3. The summed E-state index contributed by atoms with van der Waals surface area (Å²) in [6.45, 7) is 0. The first kappa shape index (κ1) is 19.2. The highest BCUT2D eigenvalue weighted by Gasteiger charge is 2.21. The summed E-state index contributed by atoms with van der Waals surface area (Å²) in [4.78, 5) is 4.25. The summed E-state index contributed by atoms with van der Waals surface area (Å²) in [7, 11) is -0.630. The Kier molecular flexibility index (Phi) is 5.68. The molecule has 0 radical (unpaired) electrons. The lowest BCUT2D eigenvalue weighted by molar-refractivity contribution is 0.402. The molecule has 3 aromatic rings. The number of rotatable bonds is 6. The van der Waals surface area contributed by atoms with Gasteiger partial charge in [-0.3, -0.25) is 4.98 Å². The molecule has 0 fully saturated rings. The van der Waals surface area contributed by atoms with Crippen LogP contribution in [0.4, 0.5) is 0 Å². The summed E-state index contributed by atoms with van der Waals surface area (Å²) in [5.41, 5.74) is 2.32. The molecule has 0 unspecified atom stereocenters. The van der Waals surface area contributed by atoms with Crippen LogP contribution in [0.5, 0.6) is 11.5 Å². The highest BCUT2D eigenvalue weighted by molar-refractivity contribution is 7.90. The summed E-state index contributed by atoms with van der Waals surface area (Å²) in [6, 6.07) is 13.8. The smallest absolute Gasteiger partial charge is 0.186 e. The van der Waals surface area contributed by atoms with Crippen molar-refractivity contribution >= 4 is 21.4 Å². The summed E-state index contributed by atoms with van der Waals surface area (Å²) in [5.74, 6) is 0.804. The fourth-order valence-electron chi connectivity index (χ4n) is 2.70. The van der Waals surface area contributed by atoms with Gasteiger partial charge in [-0.2, -0.15) is 0 Å². The van der Waals surface area contributed by atoms with Crippen LogP contribution in [0.15, 0.2) is 65.8 Å². The minimum Gasteiger partial charge on any atom is -0.497 e. The van der Waals surface area contributed by atoms with Crippen molar-refractivity contribution in [3.05, 3.63) is 71.5 Å². The maximum Gasteiger partial charge on any atom is 0.186 e. The molecular weight excluding hydrogens is 386 g/mol. The van der Waals surface area contributed by atoms with Crippen LogP contribution in [0.1, 0.15) is 5.56 Å². The van der Waals surface area contributed by atoms with E-state index in [0.29, 0.717) is 10.6 Å². The molecule has 3 rings (SSSR count). The molecule has 0 aliphatic rings. The maximum atomic E-state index is 12.9. The third-order valence-corrected chi connectivity index (χ3v) is 5.97. The van der Waals surface area contributed by atoms with Crippen LogP contribution in [0.2, 0.25) is 5.02 Å². The van der Waals surface area contributed by atoms with Crippen molar-refractivity contribution in [3.63, 3.8) is 0 Å². The summed E-state index contributed by atoms with van der Waals surface area (Å²) in [6.07, 6.45) is 3.24. The van der Waals surface area contributed by atoms with E-state index >= 15 is 0 Å². The van der Waals surface area contributed by atoms with E-state index in [1.807, 2.05) is 30.3 Å². The Morgan fingerprint density at radius 3 is 2.33 bits per heavy atom. The van der Waals surface area contributed by atoms with Crippen LogP contribution in [-0.4, -0.2) is 27.6 Å². The van der Waals surface area contributed by atoms with Crippen molar-refractivity contribution in [1.82, 2.24) is 4.98 Å². The van der Waals surface area contributed by atoms with Crippen LogP contribution >= 0.6 is 11.6 Å². The predicted molar refractivity (Wildman–Crippen MR) is 105 cm³/mol. The number of halogens is 1. The first-order valence-corrected chi connectivity index (χ1v) is 10.1. The van der Waals surface area contributed by atoms with Crippen molar-refractivity contribution in [2.24, 2.45) is 0 Å². The molecule has 0 aliphatic carbocycles. The molecule has 140 valence electrons. The fraction of sp³-hybridized carbons (Fsp3) is 0.150. The Hall–Kier alpha value is -2.57. The highest BCUT2D eigenvalue weighted by Crippen LogP contribution is 2.30. The van der Waals surface area contributed by atoms with Crippen molar-refractivity contribution in [2.75, 3.05) is 14.2 Å². The number of pyridine rings is 1. The van der Waals surface area contributed by atoms with E-state index in [1.165, 1.54) is 13.2 Å². The number of methoxy groups -OCH3 is 2. The molecule has 27 heavy (non-hydrogen) atoms. The summed E-state index contributed by atoms with van der Waals surface area (Å²) in [5, 5.41) is 0.333. The number of aromatic nitrogens is 1. The molecule has 1 heterocycles. The molecule has 1 aromatic heterocycles. The molecule has 0 spiro atoms. The Balaban J connectivity index is 1.92. The summed E-state index contributed by atoms with van der Waals surface area (Å²) >= 11 is 5.97. The van der Waals surface area contributed by atoms with Crippen LogP contribution in [-0.2, 0) is 15.6 Å². The molecular formula is C20H18ClNO4S. The summed E-state index contributed by atoms with van der Waals surface area (Å²) < 4.78 is 36.1. The van der Waals surface area contributed by atoms with Crippen molar-refractivity contribution < 1.29 is 17.9 Å². The molecule has 0 atom stereocenters. The van der Waals surface area contributed by atoms with Gasteiger partial charge in [-0.1, -0.05) is 23.7 Å². The molecule has 7 heteroatoms. The van der Waals surface area contributed by atoms with Gasteiger partial charge in [0.2, 0.25) is 0 Å². The van der Waals surface area contributed by atoms with E-state index in [1.54, 1.807) is 31.6 Å². The van der Waals surface area contributed by atoms with Gasteiger partial charge in [0.15, 0.2) is 9.84 Å². The average molecular weight is 404 g/mol. The first-order valence-electron chi connectivity index (χ1n) is 8.07. The zero-order chi connectivity index (χ0) is 19.4. The van der Waals surface area contributed by atoms with Gasteiger partial charge in [0.1, 0.15) is 16.4 Å². The molecule has 0 aliphatic heterocycles. The van der Waals surface area contributed by atoms with E-state index in [-0.39, 0.29) is 16.4 Å². The molecule has 0 saturated carbocycles. The minimum absolute atomic E-state index is 0.0624. The van der Waals surface area contributed by atoms with E-state index in [4.69, 9.17) is 21.1 Å². The van der Waals surface area contributed by atoms with E-state index in [9.17, 15) is 8.42 Å². The molecule has 0 saturated heterocycles. The molecule has 0 N–H and O–H groups in total. The Morgan fingerprint density at radius 2 is 1.67 bits per heavy atom. The topological polar surface area (TPSA) is 65.5 Å². The number of sulfone groups is 1. The Bertz CT molecular complexity index is 1050. The number of hydrogen-bond donors (Lipinski definition) is 0. The van der Waals surface area contributed by atoms with Crippen molar-refractivity contribution in [3.8, 4) is 22.6 Å². The maximum absolute atomic E-state index is 12.9. The molecule has 0 bridgehead atoms. The fourth-order valence-corrected chi connectivity index (χ4v) is 4.45. The Labute approximate surface area is 163 Å². The number of ether oxygens (including phenoxy) is 2. The highest BCUT2D eigenvalue weighted by atomic mass is 35.5. The van der Waals surface area contributed by atoms with Crippen LogP contribution < -0.4 is 9.47 Å².